The van der Waals surface area contributed by atoms with E-state index in [1.54, 1.807) is 18.9 Å². The van der Waals surface area contributed by atoms with Gasteiger partial charge in [0, 0.05) is 13.1 Å². The molecule has 1 aromatic rings. The Kier molecular flexibility index (Phi) is 3.56. The van der Waals surface area contributed by atoms with Crippen LogP contribution in [-0.4, -0.2) is 23.1 Å². The molecule has 4 nitrogen and oxygen atoms in total. The molecule has 0 aromatic carbocycles. The largest absolute Gasteiger partial charge is 0.353 e. The van der Waals surface area contributed by atoms with E-state index in [-0.39, 0.29) is 11.9 Å². The first kappa shape index (κ1) is 11.4. The van der Waals surface area contributed by atoms with Crippen molar-refractivity contribution in [1.29, 1.82) is 5.26 Å². The van der Waals surface area contributed by atoms with Crippen LogP contribution >= 0.6 is 0 Å². The molecule has 0 fully saturated rings. The SMILES string of the molecule is Cc1ncnc(N(C)C(C)CC#N)c1F. The van der Waals surface area contributed by atoms with Crippen molar-refractivity contribution in [2.75, 3.05) is 11.9 Å². The van der Waals surface area contributed by atoms with Crippen LogP contribution in [0.1, 0.15) is 19.0 Å². The predicted molar refractivity (Wildman–Crippen MR) is 54.8 cm³/mol. The Morgan fingerprint density at radius 3 is 2.87 bits per heavy atom. The molecule has 1 aromatic heterocycles. The smallest absolute Gasteiger partial charge is 0.186 e. The summed E-state index contributed by atoms with van der Waals surface area (Å²) in [6, 6.07) is 1.97. The lowest BCUT2D eigenvalue weighted by atomic mass is 10.2. The quantitative estimate of drug-likeness (QED) is 0.758. The van der Waals surface area contributed by atoms with E-state index < -0.39 is 5.82 Å². The fourth-order valence-corrected chi connectivity index (χ4v) is 1.17. The van der Waals surface area contributed by atoms with Crippen molar-refractivity contribution >= 4 is 5.82 Å². The van der Waals surface area contributed by atoms with Gasteiger partial charge in [0.05, 0.1) is 18.2 Å². The highest BCUT2D eigenvalue weighted by atomic mass is 19.1. The second-order valence-electron chi connectivity index (χ2n) is 3.42. The molecule has 15 heavy (non-hydrogen) atoms. The number of hydrogen-bond acceptors (Lipinski definition) is 4. The average molecular weight is 208 g/mol. The molecule has 1 rings (SSSR count). The van der Waals surface area contributed by atoms with Gasteiger partial charge in [0.15, 0.2) is 11.6 Å². The van der Waals surface area contributed by atoms with Crippen LogP contribution in [0.5, 0.6) is 0 Å². The minimum absolute atomic E-state index is 0.0706. The van der Waals surface area contributed by atoms with Crippen LogP contribution in [0.2, 0.25) is 0 Å². The summed E-state index contributed by atoms with van der Waals surface area (Å²) in [5.41, 5.74) is 0.316. The molecule has 1 unspecified atom stereocenters. The van der Waals surface area contributed by atoms with Gasteiger partial charge in [-0.15, -0.1) is 0 Å². The summed E-state index contributed by atoms with van der Waals surface area (Å²) >= 11 is 0. The molecule has 0 bridgehead atoms. The average Bonchev–Trinajstić information content (AvgIpc) is 2.21. The predicted octanol–water partition coefficient (Wildman–Crippen LogP) is 1.66. The fourth-order valence-electron chi connectivity index (χ4n) is 1.17. The Morgan fingerprint density at radius 2 is 2.27 bits per heavy atom. The number of anilines is 1. The van der Waals surface area contributed by atoms with Gasteiger partial charge in [0.2, 0.25) is 0 Å². The van der Waals surface area contributed by atoms with Crippen LogP contribution in [0.25, 0.3) is 0 Å². The molecular weight excluding hydrogens is 195 g/mol. The van der Waals surface area contributed by atoms with Crippen molar-refractivity contribution in [2.24, 2.45) is 0 Å². The number of nitriles is 1. The molecule has 80 valence electrons. The molecule has 0 spiro atoms. The first-order chi connectivity index (χ1) is 7.07. The molecule has 0 aliphatic rings. The van der Waals surface area contributed by atoms with Crippen molar-refractivity contribution in [1.82, 2.24) is 9.97 Å². The zero-order chi connectivity index (χ0) is 11.4. The van der Waals surface area contributed by atoms with E-state index in [4.69, 9.17) is 5.26 Å². The number of nitrogens with zero attached hydrogens (tertiary/aromatic N) is 4. The van der Waals surface area contributed by atoms with Crippen LogP contribution in [0.15, 0.2) is 6.33 Å². The highest BCUT2D eigenvalue weighted by molar-refractivity contribution is 5.40. The molecule has 0 aliphatic carbocycles. The van der Waals surface area contributed by atoms with Crippen molar-refractivity contribution in [3.63, 3.8) is 0 Å². The van der Waals surface area contributed by atoms with Crippen molar-refractivity contribution in [3.05, 3.63) is 17.8 Å². The molecule has 0 aliphatic heterocycles. The first-order valence-electron chi connectivity index (χ1n) is 4.64. The maximum atomic E-state index is 13.6. The zero-order valence-corrected chi connectivity index (χ0v) is 9.03. The minimum atomic E-state index is -0.426. The second-order valence-corrected chi connectivity index (χ2v) is 3.42. The number of hydrogen-bond donors (Lipinski definition) is 0. The van der Waals surface area contributed by atoms with Gasteiger partial charge in [-0.3, -0.25) is 0 Å². The second kappa shape index (κ2) is 4.69. The Balaban J connectivity index is 2.96. The van der Waals surface area contributed by atoms with E-state index >= 15 is 0 Å². The van der Waals surface area contributed by atoms with Crippen molar-refractivity contribution in [2.45, 2.75) is 26.3 Å². The van der Waals surface area contributed by atoms with Gasteiger partial charge < -0.3 is 4.90 Å². The summed E-state index contributed by atoms with van der Waals surface area (Å²) in [5, 5.41) is 8.55. The van der Waals surface area contributed by atoms with Crippen LogP contribution in [0.4, 0.5) is 10.2 Å². The molecule has 0 radical (unpaired) electrons. The summed E-state index contributed by atoms with van der Waals surface area (Å²) in [5.74, 6) is -0.185. The molecule has 1 atom stereocenters. The molecular formula is C10H13FN4. The molecule has 0 amide bonds. The van der Waals surface area contributed by atoms with Gasteiger partial charge in [0.25, 0.3) is 0 Å². The standard InChI is InChI=1S/C10H13FN4/c1-7(4-5-12)15(3)10-9(11)8(2)13-6-14-10/h6-7H,4H2,1-3H3. The van der Waals surface area contributed by atoms with E-state index in [9.17, 15) is 4.39 Å². The van der Waals surface area contributed by atoms with Crippen LogP contribution < -0.4 is 4.90 Å². The van der Waals surface area contributed by atoms with Gasteiger partial charge in [-0.1, -0.05) is 0 Å². The summed E-state index contributed by atoms with van der Waals surface area (Å²) in [6.07, 6.45) is 1.66. The molecule has 5 heteroatoms. The van der Waals surface area contributed by atoms with Gasteiger partial charge in [-0.2, -0.15) is 5.26 Å². The zero-order valence-electron chi connectivity index (χ0n) is 9.03. The third kappa shape index (κ3) is 2.40. The van der Waals surface area contributed by atoms with E-state index in [1.165, 1.54) is 6.33 Å². The van der Waals surface area contributed by atoms with Crippen molar-refractivity contribution in [3.8, 4) is 6.07 Å². The molecule has 1 heterocycles. The third-order valence-electron chi connectivity index (χ3n) is 2.33. The van der Waals surface area contributed by atoms with E-state index in [0.29, 0.717) is 12.1 Å². The first-order valence-corrected chi connectivity index (χ1v) is 4.64. The Labute approximate surface area is 88.4 Å². The lowest BCUT2D eigenvalue weighted by molar-refractivity contribution is 0.581. The lowest BCUT2D eigenvalue weighted by Crippen LogP contribution is -2.30. The molecule has 0 N–H and O–H groups in total. The highest BCUT2D eigenvalue weighted by Gasteiger charge is 2.16. The summed E-state index contributed by atoms with van der Waals surface area (Å²) in [7, 11) is 1.72. The summed E-state index contributed by atoms with van der Waals surface area (Å²) in [6.45, 7) is 3.43. The number of halogens is 1. The monoisotopic (exact) mass is 208 g/mol. The lowest BCUT2D eigenvalue weighted by Gasteiger charge is -2.24. The van der Waals surface area contributed by atoms with Crippen LogP contribution in [0.3, 0.4) is 0 Å². The normalized spacial score (nSPS) is 11.9. The Hall–Kier alpha value is -1.70. The van der Waals surface area contributed by atoms with Crippen molar-refractivity contribution < 1.29 is 4.39 Å². The molecule has 0 saturated heterocycles. The third-order valence-corrected chi connectivity index (χ3v) is 2.33. The van der Waals surface area contributed by atoms with E-state index in [1.807, 2.05) is 13.0 Å². The number of aromatic nitrogens is 2. The van der Waals surface area contributed by atoms with E-state index in [2.05, 4.69) is 9.97 Å². The summed E-state index contributed by atoms with van der Waals surface area (Å²) in [4.78, 5) is 9.27. The fraction of sp³-hybridized carbons (Fsp3) is 0.500. The maximum absolute atomic E-state index is 13.6. The molecule has 0 saturated carbocycles. The number of aryl methyl sites for hydroxylation is 1. The number of rotatable bonds is 3. The summed E-state index contributed by atoms with van der Waals surface area (Å²) < 4.78 is 13.6. The maximum Gasteiger partial charge on any atom is 0.186 e. The van der Waals surface area contributed by atoms with E-state index in [0.717, 1.165) is 0 Å². The Morgan fingerprint density at radius 1 is 1.60 bits per heavy atom. The topological polar surface area (TPSA) is 52.8 Å². The Bertz CT molecular complexity index is 385. The van der Waals surface area contributed by atoms with Gasteiger partial charge >= 0.3 is 0 Å². The van der Waals surface area contributed by atoms with Gasteiger partial charge in [-0.05, 0) is 13.8 Å². The van der Waals surface area contributed by atoms with Crippen LogP contribution in [-0.2, 0) is 0 Å². The van der Waals surface area contributed by atoms with Gasteiger partial charge in [0.1, 0.15) is 6.33 Å². The highest BCUT2D eigenvalue weighted by Crippen LogP contribution is 2.18. The van der Waals surface area contributed by atoms with Crippen LogP contribution in [0, 0.1) is 24.1 Å². The van der Waals surface area contributed by atoms with Gasteiger partial charge in [-0.25, -0.2) is 14.4 Å². The minimum Gasteiger partial charge on any atom is -0.353 e.